The monoisotopic (exact) mass is 641 g/mol. The van der Waals surface area contributed by atoms with Gasteiger partial charge in [0.2, 0.25) is 0 Å². The third kappa shape index (κ3) is 9.24. The molecule has 0 aliphatic rings. The van der Waals surface area contributed by atoms with Crippen LogP contribution in [-0.2, 0) is 25.7 Å². The van der Waals surface area contributed by atoms with Crippen molar-refractivity contribution in [3.05, 3.63) is 114 Å². The van der Waals surface area contributed by atoms with Crippen LogP contribution in [0, 0.1) is 0 Å². The first kappa shape index (κ1) is 34.7. The van der Waals surface area contributed by atoms with Crippen LogP contribution in [0.25, 0.3) is 0 Å². The average molecular weight is 642 g/mol. The number of rotatable bonds is 18. The van der Waals surface area contributed by atoms with Crippen LogP contribution in [0.1, 0.15) is 102 Å². The molecule has 0 spiro atoms. The van der Waals surface area contributed by atoms with Crippen LogP contribution in [0.4, 0.5) is 34.9 Å². The van der Waals surface area contributed by atoms with Gasteiger partial charge >= 0.3 is 0 Å². The highest BCUT2D eigenvalue weighted by Gasteiger charge is 2.22. The molecule has 0 unspecified atom stereocenters. The summed E-state index contributed by atoms with van der Waals surface area (Å²) in [5.41, 5.74) is 4.28. The molecular formula is C41H51N7. The van der Waals surface area contributed by atoms with E-state index < -0.39 is 0 Å². The summed E-state index contributed by atoms with van der Waals surface area (Å²) in [6.07, 6.45) is 12.6. The Kier molecular flexibility index (Phi) is 13.0. The van der Waals surface area contributed by atoms with Crippen LogP contribution in [-0.4, -0.2) is 24.9 Å². The van der Waals surface area contributed by atoms with Gasteiger partial charge in [-0.2, -0.15) is 0 Å². The summed E-state index contributed by atoms with van der Waals surface area (Å²) in [6.45, 7) is 8.86. The minimum Gasteiger partial charge on any atom is -0.262 e. The van der Waals surface area contributed by atoms with E-state index in [1.54, 1.807) is 0 Å². The Hall–Kier alpha value is -4.65. The van der Waals surface area contributed by atoms with Gasteiger partial charge in [-0.05, 0) is 112 Å². The highest BCUT2D eigenvalue weighted by Crippen LogP contribution is 2.36. The minimum absolute atomic E-state index is 0.738. The lowest BCUT2D eigenvalue weighted by molar-refractivity contribution is 0.772. The van der Waals surface area contributed by atoms with Crippen molar-refractivity contribution in [3.63, 3.8) is 0 Å². The van der Waals surface area contributed by atoms with E-state index in [-0.39, 0.29) is 0 Å². The van der Waals surface area contributed by atoms with Crippen LogP contribution < -0.4 is 9.80 Å². The Morgan fingerprint density at radius 1 is 0.333 bits per heavy atom. The van der Waals surface area contributed by atoms with Crippen LogP contribution in [0.5, 0.6) is 0 Å². The quantitative estimate of drug-likeness (QED) is 0.0942. The first-order valence-corrected chi connectivity index (χ1v) is 18.0. The van der Waals surface area contributed by atoms with E-state index in [0.717, 1.165) is 135 Å². The van der Waals surface area contributed by atoms with Gasteiger partial charge in [0.15, 0.2) is 0 Å². The van der Waals surface area contributed by atoms with Crippen molar-refractivity contribution in [3.8, 4) is 0 Å². The van der Waals surface area contributed by atoms with Gasteiger partial charge in [-0.1, -0.05) is 83.7 Å². The molecule has 0 amide bonds. The molecule has 5 aromatic heterocycles. The zero-order chi connectivity index (χ0) is 33.6. The second kappa shape index (κ2) is 18.0. The Bertz CT molecular complexity index is 1490. The van der Waals surface area contributed by atoms with Gasteiger partial charge in [-0.3, -0.25) is 9.80 Å². The lowest BCUT2D eigenvalue weighted by Crippen LogP contribution is -2.19. The molecule has 250 valence electrons. The molecule has 0 saturated carbocycles. The lowest BCUT2D eigenvalue weighted by Gasteiger charge is -2.26. The summed E-state index contributed by atoms with van der Waals surface area (Å²) in [7, 11) is 0. The third-order valence-electron chi connectivity index (χ3n) is 8.41. The topological polar surface area (TPSA) is 70.9 Å². The molecule has 0 N–H and O–H groups in total. The first-order chi connectivity index (χ1) is 23.6. The van der Waals surface area contributed by atoms with Crippen molar-refractivity contribution in [2.45, 2.75) is 105 Å². The van der Waals surface area contributed by atoms with Crippen molar-refractivity contribution in [1.29, 1.82) is 0 Å². The van der Waals surface area contributed by atoms with E-state index in [9.17, 15) is 0 Å². The van der Waals surface area contributed by atoms with Crippen molar-refractivity contribution in [1.82, 2.24) is 24.9 Å². The molecule has 7 heteroatoms. The highest BCUT2D eigenvalue weighted by molar-refractivity contribution is 5.74. The van der Waals surface area contributed by atoms with Crippen LogP contribution in [0.3, 0.4) is 0 Å². The molecule has 5 rings (SSSR count). The van der Waals surface area contributed by atoms with Crippen LogP contribution in [0.2, 0.25) is 0 Å². The molecule has 7 nitrogen and oxygen atoms in total. The van der Waals surface area contributed by atoms with E-state index >= 15 is 0 Å². The largest absolute Gasteiger partial charge is 0.262 e. The summed E-state index contributed by atoms with van der Waals surface area (Å²) in [5.74, 6) is 4.70. The highest BCUT2D eigenvalue weighted by atomic mass is 15.3. The van der Waals surface area contributed by atoms with Crippen LogP contribution >= 0.6 is 0 Å². The molecule has 0 saturated heterocycles. The van der Waals surface area contributed by atoms with Gasteiger partial charge in [0.1, 0.15) is 34.9 Å². The van der Waals surface area contributed by atoms with E-state index in [4.69, 9.17) is 24.9 Å². The molecule has 0 radical (unpaired) electrons. The number of pyridine rings is 5. The second-order valence-electron chi connectivity index (χ2n) is 12.4. The summed E-state index contributed by atoms with van der Waals surface area (Å²) < 4.78 is 0. The van der Waals surface area contributed by atoms with Gasteiger partial charge in [-0.15, -0.1) is 0 Å². The number of anilines is 6. The summed E-state index contributed by atoms with van der Waals surface area (Å²) in [6, 6.07) is 31.2. The maximum Gasteiger partial charge on any atom is 0.142 e. The van der Waals surface area contributed by atoms with Gasteiger partial charge < -0.3 is 0 Å². The molecule has 5 aromatic rings. The fourth-order valence-corrected chi connectivity index (χ4v) is 5.72. The number of hydrogen-bond donors (Lipinski definition) is 0. The van der Waals surface area contributed by atoms with E-state index in [2.05, 4.69) is 116 Å². The van der Waals surface area contributed by atoms with E-state index in [0.29, 0.717) is 0 Å². The van der Waals surface area contributed by atoms with E-state index in [1.165, 1.54) is 0 Å². The standard InChI is InChI=1S/C41H51N7/c1-5-9-18-32-22-13-26-36(42-32)47(37-27-14-23-33(43-37)19-10-6-2)40-30-17-31-41(46-40)48(38-28-15-24-34(44-38)20-11-7-3)39-29-16-25-35(45-39)21-12-8-4/h13-17,22-31H,5-12,18-21H2,1-4H3. The Labute approximate surface area is 287 Å². The molecule has 48 heavy (non-hydrogen) atoms. The lowest BCUT2D eigenvalue weighted by atomic mass is 10.2. The van der Waals surface area contributed by atoms with E-state index in [1.807, 2.05) is 12.1 Å². The minimum atomic E-state index is 0.738. The van der Waals surface area contributed by atoms with Gasteiger partial charge in [-0.25, -0.2) is 24.9 Å². The van der Waals surface area contributed by atoms with Crippen molar-refractivity contribution in [2.24, 2.45) is 0 Å². The molecule has 0 atom stereocenters. The molecular weight excluding hydrogens is 591 g/mol. The molecule has 0 aromatic carbocycles. The normalized spacial score (nSPS) is 11.1. The molecule has 0 fully saturated rings. The number of unbranched alkanes of at least 4 members (excludes halogenated alkanes) is 4. The van der Waals surface area contributed by atoms with Crippen molar-refractivity contribution >= 4 is 34.9 Å². The molecule has 0 aliphatic carbocycles. The Morgan fingerprint density at radius 2 is 0.562 bits per heavy atom. The fraction of sp³-hybridized carbons (Fsp3) is 0.390. The van der Waals surface area contributed by atoms with Gasteiger partial charge in [0, 0.05) is 22.8 Å². The predicted octanol–water partition coefficient (Wildman–Crippen LogP) is 11.0. The Balaban J connectivity index is 1.64. The van der Waals surface area contributed by atoms with Crippen molar-refractivity contribution in [2.75, 3.05) is 9.80 Å². The summed E-state index contributed by atoms with van der Waals surface area (Å²) in [5, 5.41) is 0. The zero-order valence-corrected chi connectivity index (χ0v) is 29.3. The van der Waals surface area contributed by atoms with Crippen LogP contribution in [0.15, 0.2) is 91.0 Å². The maximum absolute atomic E-state index is 5.34. The van der Waals surface area contributed by atoms with Crippen molar-refractivity contribution < 1.29 is 0 Å². The summed E-state index contributed by atoms with van der Waals surface area (Å²) >= 11 is 0. The number of nitrogens with zero attached hydrogens (tertiary/aromatic N) is 7. The first-order valence-electron chi connectivity index (χ1n) is 18.0. The predicted molar refractivity (Wildman–Crippen MR) is 199 cm³/mol. The fourth-order valence-electron chi connectivity index (χ4n) is 5.72. The molecule has 0 bridgehead atoms. The number of aryl methyl sites for hydroxylation is 4. The zero-order valence-electron chi connectivity index (χ0n) is 29.3. The maximum atomic E-state index is 5.34. The number of hydrogen-bond acceptors (Lipinski definition) is 7. The van der Waals surface area contributed by atoms with Gasteiger partial charge in [0.05, 0.1) is 0 Å². The molecule has 5 heterocycles. The third-order valence-corrected chi connectivity index (χ3v) is 8.41. The van der Waals surface area contributed by atoms with Gasteiger partial charge in [0.25, 0.3) is 0 Å². The average Bonchev–Trinajstić information content (AvgIpc) is 3.12. The SMILES string of the molecule is CCCCc1cccc(N(c2cccc(CCCC)n2)c2cccc(N(c3cccc(CCCC)n3)c3cccc(CCCC)n3)n2)n1. The molecule has 0 aliphatic heterocycles. The second-order valence-corrected chi connectivity index (χ2v) is 12.4. The smallest absolute Gasteiger partial charge is 0.142 e. The number of aromatic nitrogens is 5. The summed E-state index contributed by atoms with van der Waals surface area (Å²) in [4.78, 5) is 30.0. The Morgan fingerprint density at radius 3 is 0.812 bits per heavy atom.